The molecule has 0 aliphatic carbocycles. The number of hydrogen-bond donors (Lipinski definition) is 0. The van der Waals surface area contributed by atoms with Gasteiger partial charge in [-0.05, 0) is 31.2 Å². The van der Waals surface area contributed by atoms with Gasteiger partial charge in [0.15, 0.2) is 0 Å². The molecular weight excluding hydrogens is 276 g/mol. The summed E-state index contributed by atoms with van der Waals surface area (Å²) in [6.07, 6.45) is 5.20. The number of likely N-dealkylation sites (tertiary alicyclic amines) is 1. The minimum Gasteiger partial charge on any atom is -0.490 e. The Morgan fingerprint density at radius 1 is 1.18 bits per heavy atom. The minimum absolute atomic E-state index is 0.0573. The second kappa shape index (κ2) is 6.60. The van der Waals surface area contributed by atoms with Gasteiger partial charge >= 0.3 is 0 Å². The third-order valence-electron chi connectivity index (χ3n) is 3.96. The Kier molecular flexibility index (Phi) is 4.37. The first-order valence-corrected chi connectivity index (χ1v) is 7.65. The van der Waals surface area contributed by atoms with Gasteiger partial charge in [-0.3, -0.25) is 9.78 Å². The Hall–Kier alpha value is -2.36. The van der Waals surface area contributed by atoms with Crippen LogP contribution in [0.15, 0.2) is 48.8 Å². The normalized spacial score (nSPS) is 15.6. The molecule has 1 saturated heterocycles. The van der Waals surface area contributed by atoms with E-state index in [2.05, 4.69) is 24.0 Å². The van der Waals surface area contributed by atoms with Crippen molar-refractivity contribution in [1.29, 1.82) is 0 Å². The summed E-state index contributed by atoms with van der Waals surface area (Å²) in [5.41, 5.74) is 1.88. The van der Waals surface area contributed by atoms with E-state index in [1.165, 1.54) is 5.56 Å². The standard InChI is InChI=1S/C18H20N2O2/c1-14-4-6-16(7-5-14)22-17-8-11-20(12-9-17)18(21)15-3-2-10-19-13-15/h2-7,10,13,17H,8-9,11-12H2,1H3. The zero-order valence-corrected chi connectivity index (χ0v) is 12.7. The lowest BCUT2D eigenvalue weighted by Gasteiger charge is -2.32. The maximum absolute atomic E-state index is 12.3. The second-order valence-corrected chi connectivity index (χ2v) is 5.66. The van der Waals surface area contributed by atoms with Gasteiger partial charge in [0.05, 0.1) is 5.56 Å². The highest BCUT2D eigenvalue weighted by atomic mass is 16.5. The highest BCUT2D eigenvalue weighted by molar-refractivity contribution is 5.93. The molecule has 1 fully saturated rings. The molecule has 0 unspecified atom stereocenters. The second-order valence-electron chi connectivity index (χ2n) is 5.66. The van der Waals surface area contributed by atoms with Crippen molar-refractivity contribution in [2.24, 2.45) is 0 Å². The molecule has 0 N–H and O–H groups in total. The molecule has 22 heavy (non-hydrogen) atoms. The first kappa shape index (κ1) is 14.6. The average molecular weight is 296 g/mol. The number of aromatic nitrogens is 1. The van der Waals surface area contributed by atoms with Gasteiger partial charge in [0.2, 0.25) is 0 Å². The molecule has 0 spiro atoms. The van der Waals surface area contributed by atoms with Crippen LogP contribution in [0.4, 0.5) is 0 Å². The van der Waals surface area contributed by atoms with E-state index in [9.17, 15) is 4.79 Å². The fourth-order valence-corrected chi connectivity index (χ4v) is 2.66. The van der Waals surface area contributed by atoms with E-state index in [1.54, 1.807) is 18.5 Å². The average Bonchev–Trinajstić information content (AvgIpc) is 2.58. The van der Waals surface area contributed by atoms with Gasteiger partial charge in [0.1, 0.15) is 11.9 Å². The number of pyridine rings is 1. The SMILES string of the molecule is Cc1ccc(OC2CCN(C(=O)c3cccnc3)CC2)cc1. The quantitative estimate of drug-likeness (QED) is 0.874. The van der Waals surface area contributed by atoms with Crippen LogP contribution in [0.25, 0.3) is 0 Å². The highest BCUT2D eigenvalue weighted by Gasteiger charge is 2.24. The van der Waals surface area contributed by atoms with E-state index < -0.39 is 0 Å². The molecule has 1 aliphatic rings. The first-order valence-electron chi connectivity index (χ1n) is 7.65. The smallest absolute Gasteiger partial charge is 0.255 e. The summed E-state index contributed by atoms with van der Waals surface area (Å²) >= 11 is 0. The summed E-state index contributed by atoms with van der Waals surface area (Å²) < 4.78 is 5.99. The molecule has 0 saturated carbocycles. The van der Waals surface area contributed by atoms with Gasteiger partial charge in [0.25, 0.3) is 5.91 Å². The molecule has 0 bridgehead atoms. The zero-order chi connectivity index (χ0) is 15.4. The molecule has 1 aromatic carbocycles. The lowest BCUT2D eigenvalue weighted by molar-refractivity contribution is 0.0595. The van der Waals surface area contributed by atoms with Gasteiger partial charge in [-0.25, -0.2) is 0 Å². The Balaban J connectivity index is 1.54. The number of amides is 1. The number of carbonyl (C=O) groups excluding carboxylic acids is 1. The molecule has 1 aliphatic heterocycles. The van der Waals surface area contributed by atoms with Gasteiger partial charge in [-0.2, -0.15) is 0 Å². The minimum atomic E-state index is 0.0573. The van der Waals surface area contributed by atoms with E-state index in [0.717, 1.165) is 31.7 Å². The van der Waals surface area contributed by atoms with E-state index >= 15 is 0 Å². The van der Waals surface area contributed by atoms with Crippen LogP contribution >= 0.6 is 0 Å². The number of rotatable bonds is 3. The van der Waals surface area contributed by atoms with E-state index in [-0.39, 0.29) is 12.0 Å². The van der Waals surface area contributed by atoms with Crippen LogP contribution < -0.4 is 4.74 Å². The van der Waals surface area contributed by atoms with Crippen molar-refractivity contribution in [3.8, 4) is 5.75 Å². The largest absolute Gasteiger partial charge is 0.490 e. The lowest BCUT2D eigenvalue weighted by Crippen LogP contribution is -2.41. The predicted octanol–water partition coefficient (Wildman–Crippen LogP) is 3.07. The Labute approximate surface area is 130 Å². The van der Waals surface area contributed by atoms with Crippen molar-refractivity contribution in [2.75, 3.05) is 13.1 Å². The summed E-state index contributed by atoms with van der Waals surface area (Å²) in [5.74, 6) is 0.963. The lowest BCUT2D eigenvalue weighted by atomic mass is 10.1. The van der Waals surface area contributed by atoms with E-state index in [4.69, 9.17) is 4.74 Å². The Morgan fingerprint density at radius 3 is 2.55 bits per heavy atom. The molecule has 114 valence electrons. The molecule has 0 atom stereocenters. The van der Waals surface area contributed by atoms with Crippen molar-refractivity contribution < 1.29 is 9.53 Å². The third-order valence-corrected chi connectivity index (χ3v) is 3.96. The zero-order valence-electron chi connectivity index (χ0n) is 12.7. The number of benzene rings is 1. The maximum Gasteiger partial charge on any atom is 0.255 e. The fraction of sp³-hybridized carbons (Fsp3) is 0.333. The van der Waals surface area contributed by atoms with Crippen molar-refractivity contribution in [1.82, 2.24) is 9.88 Å². The molecule has 1 amide bonds. The van der Waals surface area contributed by atoms with Gasteiger partial charge in [-0.1, -0.05) is 17.7 Å². The topological polar surface area (TPSA) is 42.4 Å². The highest BCUT2D eigenvalue weighted by Crippen LogP contribution is 2.20. The molecule has 4 heteroatoms. The molecule has 0 radical (unpaired) electrons. The van der Waals surface area contributed by atoms with Crippen LogP contribution in [0.2, 0.25) is 0 Å². The van der Waals surface area contributed by atoms with Gasteiger partial charge < -0.3 is 9.64 Å². The molecule has 1 aromatic heterocycles. The number of nitrogens with zero attached hydrogens (tertiary/aromatic N) is 2. The number of aryl methyl sites for hydroxylation is 1. The van der Waals surface area contributed by atoms with Crippen LogP contribution in [0.3, 0.4) is 0 Å². The van der Waals surface area contributed by atoms with Crippen molar-refractivity contribution in [2.45, 2.75) is 25.9 Å². The van der Waals surface area contributed by atoms with Crippen molar-refractivity contribution in [3.05, 3.63) is 59.9 Å². The molecule has 2 aromatic rings. The molecular formula is C18H20N2O2. The number of piperidine rings is 1. The molecule has 4 nitrogen and oxygen atoms in total. The van der Waals surface area contributed by atoms with Crippen LogP contribution in [0.5, 0.6) is 5.75 Å². The Morgan fingerprint density at radius 2 is 1.91 bits per heavy atom. The monoisotopic (exact) mass is 296 g/mol. The molecule has 3 rings (SSSR count). The van der Waals surface area contributed by atoms with E-state index in [0.29, 0.717) is 5.56 Å². The molecule has 2 heterocycles. The number of ether oxygens (including phenoxy) is 1. The van der Waals surface area contributed by atoms with Crippen LogP contribution in [-0.2, 0) is 0 Å². The number of hydrogen-bond acceptors (Lipinski definition) is 3. The third kappa shape index (κ3) is 3.45. The van der Waals surface area contributed by atoms with Gasteiger partial charge in [-0.15, -0.1) is 0 Å². The fourth-order valence-electron chi connectivity index (χ4n) is 2.66. The summed E-state index contributed by atoms with van der Waals surface area (Å²) in [4.78, 5) is 18.2. The summed E-state index contributed by atoms with van der Waals surface area (Å²) in [6, 6.07) is 11.7. The Bertz CT molecular complexity index is 617. The van der Waals surface area contributed by atoms with Crippen molar-refractivity contribution >= 4 is 5.91 Å². The van der Waals surface area contributed by atoms with Crippen LogP contribution in [0, 0.1) is 6.92 Å². The predicted molar refractivity (Wildman–Crippen MR) is 85.0 cm³/mol. The summed E-state index contributed by atoms with van der Waals surface area (Å²) in [7, 11) is 0. The van der Waals surface area contributed by atoms with Gasteiger partial charge in [0, 0.05) is 38.3 Å². The van der Waals surface area contributed by atoms with E-state index in [1.807, 2.05) is 23.1 Å². The first-order chi connectivity index (χ1) is 10.7. The van der Waals surface area contributed by atoms with Crippen LogP contribution in [0.1, 0.15) is 28.8 Å². The summed E-state index contributed by atoms with van der Waals surface area (Å²) in [5, 5.41) is 0. The maximum atomic E-state index is 12.3. The van der Waals surface area contributed by atoms with Crippen molar-refractivity contribution in [3.63, 3.8) is 0 Å². The number of carbonyl (C=O) groups is 1. The van der Waals surface area contributed by atoms with Crippen LogP contribution in [-0.4, -0.2) is 35.0 Å². The summed E-state index contributed by atoms with van der Waals surface area (Å²) in [6.45, 7) is 3.51.